The molecule has 6 nitrogen and oxygen atoms in total. The fraction of sp³-hybridized carbons (Fsp3) is 0.562. The largest absolute Gasteiger partial charge is 0.444 e. The Bertz CT molecular complexity index is 574. The molecule has 1 aliphatic heterocycles. The van der Waals surface area contributed by atoms with Crippen LogP contribution in [0.25, 0.3) is 0 Å². The summed E-state index contributed by atoms with van der Waals surface area (Å²) >= 11 is 0. The van der Waals surface area contributed by atoms with E-state index in [1.165, 1.54) is 0 Å². The van der Waals surface area contributed by atoms with Crippen LogP contribution < -0.4 is 5.32 Å². The van der Waals surface area contributed by atoms with Crippen molar-refractivity contribution in [3.05, 3.63) is 23.9 Å². The molecule has 1 aromatic rings. The van der Waals surface area contributed by atoms with Crippen molar-refractivity contribution in [2.24, 2.45) is 5.92 Å². The second-order valence-corrected chi connectivity index (χ2v) is 6.50. The highest BCUT2D eigenvalue weighted by Gasteiger charge is 2.29. The van der Waals surface area contributed by atoms with Crippen molar-refractivity contribution in [2.75, 3.05) is 25.0 Å². The molecule has 118 valence electrons. The molecule has 0 aliphatic carbocycles. The number of nitrogens with one attached hydrogen (secondary N) is 1. The molecule has 0 spiro atoms. The summed E-state index contributed by atoms with van der Waals surface area (Å²) in [6.45, 7) is 7.73. The van der Waals surface area contributed by atoms with Crippen LogP contribution in [0.2, 0.25) is 0 Å². The van der Waals surface area contributed by atoms with Gasteiger partial charge in [-0.1, -0.05) is 0 Å². The third-order valence-electron chi connectivity index (χ3n) is 3.40. The number of carbonyl (C=O) groups is 1. The van der Waals surface area contributed by atoms with E-state index in [2.05, 4.69) is 16.4 Å². The number of hydrogen-bond donors (Lipinski definition) is 1. The third kappa shape index (κ3) is 4.62. The van der Waals surface area contributed by atoms with E-state index < -0.39 is 5.60 Å². The summed E-state index contributed by atoms with van der Waals surface area (Å²) in [6, 6.07) is 5.48. The Morgan fingerprint density at radius 1 is 1.59 bits per heavy atom. The number of anilines is 1. The highest BCUT2D eigenvalue weighted by Crippen LogP contribution is 2.20. The van der Waals surface area contributed by atoms with E-state index in [1.54, 1.807) is 23.2 Å². The fourth-order valence-electron chi connectivity index (χ4n) is 2.34. The highest BCUT2D eigenvalue weighted by molar-refractivity contribution is 5.68. The number of amides is 1. The monoisotopic (exact) mass is 302 g/mol. The van der Waals surface area contributed by atoms with Gasteiger partial charge in [0.1, 0.15) is 11.4 Å². The molecule has 6 heteroatoms. The van der Waals surface area contributed by atoms with Crippen LogP contribution in [0.1, 0.15) is 32.8 Å². The van der Waals surface area contributed by atoms with Crippen molar-refractivity contribution >= 4 is 11.9 Å². The maximum absolute atomic E-state index is 12.0. The second kappa shape index (κ2) is 6.65. The first-order valence-electron chi connectivity index (χ1n) is 7.45. The van der Waals surface area contributed by atoms with Crippen LogP contribution in [0, 0.1) is 17.2 Å². The summed E-state index contributed by atoms with van der Waals surface area (Å²) in [7, 11) is 0. The van der Waals surface area contributed by atoms with Gasteiger partial charge in [0.2, 0.25) is 0 Å². The number of pyridine rings is 1. The fourth-order valence-corrected chi connectivity index (χ4v) is 2.34. The van der Waals surface area contributed by atoms with Gasteiger partial charge in [-0.25, -0.2) is 9.78 Å². The van der Waals surface area contributed by atoms with Crippen molar-refractivity contribution in [1.29, 1.82) is 5.26 Å². The van der Waals surface area contributed by atoms with E-state index in [0.29, 0.717) is 30.4 Å². The van der Waals surface area contributed by atoms with E-state index in [1.807, 2.05) is 20.8 Å². The van der Waals surface area contributed by atoms with Gasteiger partial charge in [-0.2, -0.15) is 5.26 Å². The lowest BCUT2D eigenvalue weighted by Crippen LogP contribution is -2.35. The molecule has 0 bridgehead atoms. The van der Waals surface area contributed by atoms with Gasteiger partial charge in [0, 0.05) is 25.8 Å². The number of nitriles is 1. The first kappa shape index (κ1) is 16.1. The molecule has 1 atom stereocenters. The zero-order valence-corrected chi connectivity index (χ0v) is 13.3. The van der Waals surface area contributed by atoms with Gasteiger partial charge in [-0.05, 0) is 45.2 Å². The molecule has 1 N–H and O–H groups in total. The summed E-state index contributed by atoms with van der Waals surface area (Å²) in [4.78, 5) is 17.9. The topological polar surface area (TPSA) is 78.2 Å². The van der Waals surface area contributed by atoms with Crippen molar-refractivity contribution in [1.82, 2.24) is 9.88 Å². The van der Waals surface area contributed by atoms with E-state index in [9.17, 15) is 4.79 Å². The van der Waals surface area contributed by atoms with Crippen LogP contribution >= 0.6 is 0 Å². The smallest absolute Gasteiger partial charge is 0.410 e. The SMILES string of the molecule is CC(C)(C)OC(=O)N1CCC(CNc2cc(C#N)ccn2)C1. The summed E-state index contributed by atoms with van der Waals surface area (Å²) < 4.78 is 5.38. The standard InChI is InChI=1S/C16H22N4O2/c1-16(2,3)22-15(21)20-7-5-13(11-20)10-19-14-8-12(9-17)4-6-18-14/h4,6,8,13H,5,7,10-11H2,1-3H3,(H,18,19). The minimum Gasteiger partial charge on any atom is -0.444 e. The minimum atomic E-state index is -0.463. The lowest BCUT2D eigenvalue weighted by atomic mass is 10.1. The zero-order valence-electron chi connectivity index (χ0n) is 13.3. The number of carbonyl (C=O) groups excluding carboxylic acids is 1. The van der Waals surface area contributed by atoms with Crippen LogP contribution in [0.4, 0.5) is 10.6 Å². The van der Waals surface area contributed by atoms with Gasteiger partial charge >= 0.3 is 6.09 Å². The van der Waals surface area contributed by atoms with Gasteiger partial charge < -0.3 is 15.0 Å². The molecule has 1 unspecified atom stereocenters. The van der Waals surface area contributed by atoms with E-state index in [4.69, 9.17) is 10.00 Å². The van der Waals surface area contributed by atoms with Gasteiger partial charge in [0.05, 0.1) is 11.6 Å². The minimum absolute atomic E-state index is 0.250. The number of hydrogen-bond acceptors (Lipinski definition) is 5. The number of nitrogens with zero attached hydrogens (tertiary/aromatic N) is 3. The molecule has 1 aliphatic rings. The summed E-state index contributed by atoms with van der Waals surface area (Å²) in [5.41, 5.74) is 0.119. The van der Waals surface area contributed by atoms with Gasteiger partial charge in [-0.15, -0.1) is 0 Å². The zero-order chi connectivity index (χ0) is 16.2. The number of ether oxygens (including phenoxy) is 1. The quantitative estimate of drug-likeness (QED) is 0.928. The Morgan fingerprint density at radius 2 is 2.36 bits per heavy atom. The van der Waals surface area contributed by atoms with Crippen LogP contribution in [0.3, 0.4) is 0 Å². The van der Waals surface area contributed by atoms with Crippen molar-refractivity contribution < 1.29 is 9.53 Å². The molecule has 0 saturated carbocycles. The summed E-state index contributed by atoms with van der Waals surface area (Å²) in [5, 5.41) is 12.1. The van der Waals surface area contributed by atoms with Crippen LogP contribution in [0.5, 0.6) is 0 Å². The van der Waals surface area contributed by atoms with Gasteiger partial charge in [0.15, 0.2) is 0 Å². The number of aromatic nitrogens is 1. The Hall–Kier alpha value is -2.29. The number of likely N-dealkylation sites (tertiary alicyclic amines) is 1. The van der Waals surface area contributed by atoms with Crippen LogP contribution in [-0.4, -0.2) is 41.2 Å². The predicted molar refractivity (Wildman–Crippen MR) is 83.4 cm³/mol. The average molecular weight is 302 g/mol. The summed E-state index contributed by atoms with van der Waals surface area (Å²) in [6.07, 6.45) is 2.30. The maximum atomic E-state index is 12.0. The van der Waals surface area contributed by atoms with E-state index in [0.717, 1.165) is 13.0 Å². The molecule has 1 amide bonds. The van der Waals surface area contributed by atoms with Gasteiger partial charge in [0.25, 0.3) is 0 Å². The lowest BCUT2D eigenvalue weighted by molar-refractivity contribution is 0.0289. The Kier molecular flexibility index (Phi) is 4.86. The molecule has 1 aromatic heterocycles. The van der Waals surface area contributed by atoms with E-state index >= 15 is 0 Å². The van der Waals surface area contributed by atoms with Crippen LogP contribution in [-0.2, 0) is 4.74 Å². The molecule has 0 radical (unpaired) electrons. The number of rotatable bonds is 3. The van der Waals surface area contributed by atoms with E-state index in [-0.39, 0.29) is 6.09 Å². The second-order valence-electron chi connectivity index (χ2n) is 6.50. The van der Waals surface area contributed by atoms with Crippen LogP contribution in [0.15, 0.2) is 18.3 Å². The normalized spacial score (nSPS) is 17.9. The Balaban J connectivity index is 1.81. The predicted octanol–water partition coefficient (Wildman–Crippen LogP) is 2.62. The lowest BCUT2D eigenvalue weighted by Gasteiger charge is -2.24. The summed E-state index contributed by atoms with van der Waals surface area (Å²) in [5.74, 6) is 1.05. The Labute approximate surface area is 131 Å². The Morgan fingerprint density at radius 3 is 3.05 bits per heavy atom. The first-order valence-corrected chi connectivity index (χ1v) is 7.45. The van der Waals surface area contributed by atoms with Crippen molar-refractivity contribution in [3.8, 4) is 6.07 Å². The average Bonchev–Trinajstić information content (AvgIpc) is 2.92. The molecule has 22 heavy (non-hydrogen) atoms. The molecule has 1 saturated heterocycles. The maximum Gasteiger partial charge on any atom is 0.410 e. The third-order valence-corrected chi connectivity index (χ3v) is 3.40. The van der Waals surface area contributed by atoms with Crippen molar-refractivity contribution in [2.45, 2.75) is 32.8 Å². The highest BCUT2D eigenvalue weighted by atomic mass is 16.6. The molecule has 1 fully saturated rings. The molecular weight excluding hydrogens is 280 g/mol. The van der Waals surface area contributed by atoms with Crippen molar-refractivity contribution in [3.63, 3.8) is 0 Å². The molecular formula is C16H22N4O2. The molecule has 2 rings (SSSR count). The first-order chi connectivity index (χ1) is 10.4. The molecule has 0 aromatic carbocycles. The van der Waals surface area contributed by atoms with Gasteiger partial charge in [-0.3, -0.25) is 0 Å². The molecule has 2 heterocycles.